The number of nitro groups is 1. The van der Waals surface area contributed by atoms with E-state index < -0.39 is 22.7 Å². The Balaban J connectivity index is 1.44. The second-order valence-electron chi connectivity index (χ2n) is 8.46. The molecule has 0 aliphatic rings. The molecule has 4 aromatic carbocycles. The Kier molecular flexibility index (Phi) is 9.78. The summed E-state index contributed by atoms with van der Waals surface area (Å²) in [5.41, 5.74) is 3.72. The van der Waals surface area contributed by atoms with Crippen molar-refractivity contribution in [2.75, 3.05) is 12.4 Å². The van der Waals surface area contributed by atoms with Crippen LogP contribution in [-0.4, -0.2) is 36.0 Å². The molecule has 4 aromatic rings. The lowest BCUT2D eigenvalue weighted by Crippen LogP contribution is -2.18. The average molecular weight is 696 g/mol. The van der Waals surface area contributed by atoms with Crippen molar-refractivity contribution >= 4 is 67.2 Å². The maximum atomic E-state index is 12.8. The molecule has 0 bridgehead atoms. The summed E-state index contributed by atoms with van der Waals surface area (Å²) in [5, 5.41) is 17.5. The van der Waals surface area contributed by atoms with E-state index in [1.807, 2.05) is 0 Å². The monoisotopic (exact) mass is 694 g/mol. The molecule has 0 spiro atoms. The highest BCUT2D eigenvalue weighted by molar-refractivity contribution is 9.11. The first-order valence-corrected chi connectivity index (χ1v) is 13.6. The van der Waals surface area contributed by atoms with E-state index in [2.05, 4.69) is 47.7 Å². The zero-order chi connectivity index (χ0) is 30.2. The van der Waals surface area contributed by atoms with Crippen molar-refractivity contribution in [1.82, 2.24) is 5.43 Å². The first kappa shape index (κ1) is 30.1. The Hall–Kier alpha value is -4.88. The van der Waals surface area contributed by atoms with Gasteiger partial charge >= 0.3 is 5.97 Å². The van der Waals surface area contributed by atoms with Gasteiger partial charge in [-0.05, 0) is 82.7 Å². The number of ether oxygens (including phenoxy) is 2. The van der Waals surface area contributed by atoms with Crippen LogP contribution in [0.3, 0.4) is 0 Å². The molecule has 4 rings (SSSR count). The number of anilines is 1. The Morgan fingerprint density at radius 1 is 0.881 bits per heavy atom. The van der Waals surface area contributed by atoms with Crippen LogP contribution in [0.1, 0.15) is 36.6 Å². The third kappa shape index (κ3) is 7.65. The molecule has 0 atom stereocenters. The van der Waals surface area contributed by atoms with Crippen LogP contribution in [0.5, 0.6) is 11.5 Å². The molecule has 2 N–H and O–H groups in total. The van der Waals surface area contributed by atoms with Crippen molar-refractivity contribution in [2.45, 2.75) is 0 Å². The number of hydrogen-bond donors (Lipinski definition) is 2. The molecular formula is C29H20Br2N4O7. The molecule has 0 aliphatic carbocycles. The van der Waals surface area contributed by atoms with E-state index in [-0.39, 0.29) is 22.6 Å². The molecule has 13 heteroatoms. The van der Waals surface area contributed by atoms with Crippen LogP contribution in [-0.2, 0) is 0 Å². The average Bonchev–Trinajstić information content (AvgIpc) is 2.98. The number of hydrogen-bond acceptors (Lipinski definition) is 8. The SMILES string of the molecule is COc1ccc(C(=O)Oc2c(Br)cc(Br)cc2C=NNC(=O)c2cccc(NC(=O)c3ccc([N+](=O)[O-])cc3)c2)cc1. The summed E-state index contributed by atoms with van der Waals surface area (Å²) in [6.45, 7) is 0. The number of hydrazone groups is 1. The number of carbonyl (C=O) groups excluding carboxylic acids is 3. The van der Waals surface area contributed by atoms with Crippen LogP contribution in [0.15, 0.2) is 99.0 Å². The molecule has 0 saturated carbocycles. The molecule has 11 nitrogen and oxygen atoms in total. The van der Waals surface area contributed by atoms with Gasteiger partial charge in [0, 0.05) is 39.0 Å². The Labute approximate surface area is 255 Å². The summed E-state index contributed by atoms with van der Waals surface area (Å²) in [6.07, 6.45) is 1.32. The van der Waals surface area contributed by atoms with E-state index in [1.165, 1.54) is 49.7 Å². The third-order valence-corrected chi connectivity index (χ3v) is 6.70. The number of esters is 1. The number of carbonyl (C=O) groups is 3. The summed E-state index contributed by atoms with van der Waals surface area (Å²) in [4.78, 5) is 48.3. The number of amides is 2. The number of methoxy groups -OCH3 is 1. The lowest BCUT2D eigenvalue weighted by atomic mass is 10.1. The van der Waals surface area contributed by atoms with Gasteiger partial charge in [0.1, 0.15) is 5.75 Å². The minimum Gasteiger partial charge on any atom is -0.497 e. The van der Waals surface area contributed by atoms with Gasteiger partial charge in [-0.3, -0.25) is 19.7 Å². The predicted octanol–water partition coefficient (Wildman–Crippen LogP) is 6.36. The quantitative estimate of drug-likeness (QED) is 0.0680. The maximum absolute atomic E-state index is 12.8. The van der Waals surface area contributed by atoms with Crippen LogP contribution in [0.4, 0.5) is 11.4 Å². The number of non-ortho nitro benzene ring substituents is 1. The summed E-state index contributed by atoms with van der Waals surface area (Å²) in [6, 6.07) is 21.1. The van der Waals surface area contributed by atoms with Crippen molar-refractivity contribution in [3.05, 3.63) is 126 Å². The predicted molar refractivity (Wildman–Crippen MR) is 162 cm³/mol. The molecule has 0 heterocycles. The Morgan fingerprint density at radius 3 is 2.24 bits per heavy atom. The van der Waals surface area contributed by atoms with Gasteiger partial charge in [-0.25, -0.2) is 10.2 Å². The van der Waals surface area contributed by atoms with E-state index in [0.29, 0.717) is 31.5 Å². The number of benzene rings is 4. The lowest BCUT2D eigenvalue weighted by Gasteiger charge is -2.11. The van der Waals surface area contributed by atoms with Crippen LogP contribution in [0.2, 0.25) is 0 Å². The zero-order valence-electron chi connectivity index (χ0n) is 21.7. The van der Waals surface area contributed by atoms with Gasteiger partial charge in [-0.1, -0.05) is 22.0 Å². The van der Waals surface area contributed by atoms with Gasteiger partial charge in [0.05, 0.1) is 28.3 Å². The van der Waals surface area contributed by atoms with Gasteiger partial charge in [-0.2, -0.15) is 5.10 Å². The topological polar surface area (TPSA) is 149 Å². The number of nitrogens with zero attached hydrogens (tertiary/aromatic N) is 2. The highest BCUT2D eigenvalue weighted by Crippen LogP contribution is 2.33. The Bertz CT molecular complexity index is 1690. The number of nitro benzene ring substituents is 1. The third-order valence-electron chi connectivity index (χ3n) is 5.65. The van der Waals surface area contributed by atoms with Gasteiger partial charge in [0.2, 0.25) is 0 Å². The molecule has 0 aliphatic heterocycles. The van der Waals surface area contributed by atoms with E-state index in [1.54, 1.807) is 48.5 Å². The minimum absolute atomic E-state index is 0.136. The van der Waals surface area contributed by atoms with E-state index in [4.69, 9.17) is 9.47 Å². The zero-order valence-corrected chi connectivity index (χ0v) is 24.8. The van der Waals surface area contributed by atoms with Gasteiger partial charge in [0.15, 0.2) is 5.75 Å². The van der Waals surface area contributed by atoms with Crippen molar-refractivity contribution in [2.24, 2.45) is 5.10 Å². The summed E-state index contributed by atoms with van der Waals surface area (Å²) < 4.78 is 11.9. The second kappa shape index (κ2) is 13.7. The second-order valence-corrected chi connectivity index (χ2v) is 10.2. The molecule has 2 amide bonds. The Morgan fingerprint density at radius 2 is 1.57 bits per heavy atom. The molecule has 0 unspecified atom stereocenters. The number of halogens is 2. The van der Waals surface area contributed by atoms with E-state index >= 15 is 0 Å². The summed E-state index contributed by atoms with van der Waals surface area (Å²) in [7, 11) is 1.52. The van der Waals surface area contributed by atoms with Crippen LogP contribution >= 0.6 is 31.9 Å². The van der Waals surface area contributed by atoms with Gasteiger partial charge in [-0.15, -0.1) is 0 Å². The van der Waals surface area contributed by atoms with E-state index in [0.717, 1.165) is 0 Å². The molecule has 0 radical (unpaired) electrons. The van der Waals surface area contributed by atoms with Crippen LogP contribution < -0.4 is 20.2 Å². The van der Waals surface area contributed by atoms with Crippen molar-refractivity contribution in [1.29, 1.82) is 0 Å². The lowest BCUT2D eigenvalue weighted by molar-refractivity contribution is -0.384. The molecule has 0 aromatic heterocycles. The fourth-order valence-electron chi connectivity index (χ4n) is 3.56. The van der Waals surface area contributed by atoms with Gasteiger partial charge in [0.25, 0.3) is 17.5 Å². The van der Waals surface area contributed by atoms with Crippen molar-refractivity contribution in [3.63, 3.8) is 0 Å². The molecule has 0 fully saturated rings. The molecule has 212 valence electrons. The number of rotatable bonds is 9. The van der Waals surface area contributed by atoms with Crippen molar-refractivity contribution in [3.8, 4) is 11.5 Å². The highest BCUT2D eigenvalue weighted by atomic mass is 79.9. The van der Waals surface area contributed by atoms with Crippen LogP contribution in [0.25, 0.3) is 0 Å². The summed E-state index contributed by atoms with van der Waals surface area (Å²) in [5.74, 6) is -0.891. The first-order chi connectivity index (χ1) is 20.1. The standard InChI is InChI=1S/C29H20Br2N4O7/c1-41-24-11-7-18(8-12-24)29(38)42-26-20(13-21(30)15-25(26)31)16-32-34-28(37)19-3-2-4-22(14-19)33-27(36)17-5-9-23(10-6-17)35(39)40/h2-16H,1H3,(H,33,36)(H,34,37). The number of nitrogens with one attached hydrogen (secondary N) is 2. The maximum Gasteiger partial charge on any atom is 0.343 e. The smallest absolute Gasteiger partial charge is 0.343 e. The fourth-order valence-corrected chi connectivity index (χ4v) is 4.90. The van der Waals surface area contributed by atoms with E-state index in [9.17, 15) is 24.5 Å². The first-order valence-electron chi connectivity index (χ1n) is 12.0. The fraction of sp³-hybridized carbons (Fsp3) is 0.0345. The molecule has 42 heavy (non-hydrogen) atoms. The molecular weight excluding hydrogens is 676 g/mol. The van der Waals surface area contributed by atoms with Gasteiger partial charge < -0.3 is 14.8 Å². The van der Waals surface area contributed by atoms with Crippen LogP contribution in [0, 0.1) is 10.1 Å². The largest absolute Gasteiger partial charge is 0.497 e. The summed E-state index contributed by atoms with van der Waals surface area (Å²) >= 11 is 6.78. The van der Waals surface area contributed by atoms with Crippen molar-refractivity contribution < 1.29 is 28.8 Å². The molecule has 0 saturated heterocycles. The minimum atomic E-state index is -0.605. The highest BCUT2D eigenvalue weighted by Gasteiger charge is 2.16. The normalized spacial score (nSPS) is 10.6.